The largest absolute Gasteiger partial charge is 0.356 e. The van der Waals surface area contributed by atoms with Gasteiger partial charge in [-0.1, -0.05) is 13.0 Å². The molecule has 1 saturated heterocycles. The molecular weight excluding hydrogens is 302 g/mol. The fraction of sp³-hybridized carbons (Fsp3) is 0.444. The first kappa shape index (κ1) is 16.4. The summed E-state index contributed by atoms with van der Waals surface area (Å²) in [5, 5.41) is 2.89. The summed E-state index contributed by atoms with van der Waals surface area (Å²) in [4.78, 5) is 27.5. The van der Waals surface area contributed by atoms with Crippen LogP contribution in [-0.2, 0) is 6.54 Å². The van der Waals surface area contributed by atoms with Crippen LogP contribution in [-0.4, -0.2) is 33.9 Å². The van der Waals surface area contributed by atoms with E-state index in [0.29, 0.717) is 24.0 Å². The molecule has 24 heavy (non-hydrogen) atoms. The summed E-state index contributed by atoms with van der Waals surface area (Å²) in [5.74, 6) is 1.94. The van der Waals surface area contributed by atoms with Crippen molar-refractivity contribution in [1.82, 2.24) is 20.3 Å². The average molecular weight is 325 g/mol. The number of nitrogens with one attached hydrogen (secondary N) is 1. The molecule has 0 saturated carbocycles. The molecule has 1 aliphatic heterocycles. The van der Waals surface area contributed by atoms with Crippen molar-refractivity contribution >= 4 is 11.7 Å². The summed E-state index contributed by atoms with van der Waals surface area (Å²) in [6, 6.07) is 5.58. The highest BCUT2D eigenvalue weighted by molar-refractivity contribution is 5.92. The Morgan fingerprint density at radius 1 is 1.42 bits per heavy atom. The van der Waals surface area contributed by atoms with Gasteiger partial charge in [0.05, 0.1) is 0 Å². The molecule has 0 aromatic carbocycles. The molecule has 0 radical (unpaired) electrons. The van der Waals surface area contributed by atoms with Crippen molar-refractivity contribution in [2.45, 2.75) is 33.2 Å². The molecule has 2 aromatic heterocycles. The quantitative estimate of drug-likeness (QED) is 0.934. The molecule has 6 heteroatoms. The number of aryl methyl sites for hydroxylation is 1. The van der Waals surface area contributed by atoms with Crippen molar-refractivity contribution in [3.63, 3.8) is 0 Å². The van der Waals surface area contributed by atoms with Crippen LogP contribution in [0.1, 0.15) is 41.6 Å². The van der Waals surface area contributed by atoms with Crippen LogP contribution in [0.4, 0.5) is 5.82 Å². The van der Waals surface area contributed by atoms with Gasteiger partial charge in [-0.3, -0.25) is 9.78 Å². The van der Waals surface area contributed by atoms with Crippen LogP contribution >= 0.6 is 0 Å². The van der Waals surface area contributed by atoms with Crippen LogP contribution in [0.15, 0.2) is 30.6 Å². The number of carbonyl (C=O) groups excluding carboxylic acids is 1. The highest BCUT2D eigenvalue weighted by atomic mass is 16.1. The summed E-state index contributed by atoms with van der Waals surface area (Å²) in [6.45, 7) is 6.48. The van der Waals surface area contributed by atoms with E-state index in [-0.39, 0.29) is 5.91 Å². The average Bonchev–Trinajstić information content (AvgIpc) is 2.60. The monoisotopic (exact) mass is 325 g/mol. The second-order valence-electron chi connectivity index (χ2n) is 6.40. The highest BCUT2D eigenvalue weighted by Gasteiger charge is 2.19. The highest BCUT2D eigenvalue weighted by Crippen LogP contribution is 2.21. The van der Waals surface area contributed by atoms with Crippen molar-refractivity contribution < 1.29 is 4.79 Å². The fourth-order valence-corrected chi connectivity index (χ4v) is 3.00. The molecule has 3 heterocycles. The molecule has 1 unspecified atom stereocenters. The predicted octanol–water partition coefficient (Wildman–Crippen LogP) is 2.35. The number of hydrogen-bond acceptors (Lipinski definition) is 5. The van der Waals surface area contributed by atoms with Gasteiger partial charge in [0, 0.05) is 38.1 Å². The summed E-state index contributed by atoms with van der Waals surface area (Å²) in [6.07, 6.45) is 5.86. The molecule has 0 aliphatic carbocycles. The Labute approximate surface area is 142 Å². The van der Waals surface area contributed by atoms with Crippen LogP contribution in [0.25, 0.3) is 0 Å². The number of amides is 1. The van der Waals surface area contributed by atoms with Gasteiger partial charge in [0.2, 0.25) is 0 Å². The van der Waals surface area contributed by atoms with Gasteiger partial charge in [0.25, 0.3) is 5.91 Å². The van der Waals surface area contributed by atoms with Gasteiger partial charge in [-0.2, -0.15) is 0 Å². The maximum absolute atomic E-state index is 12.4. The second-order valence-corrected chi connectivity index (χ2v) is 6.40. The lowest BCUT2D eigenvalue weighted by atomic mass is 10.0. The molecule has 0 spiro atoms. The Kier molecular flexibility index (Phi) is 5.03. The maximum atomic E-state index is 12.4. The first-order valence-corrected chi connectivity index (χ1v) is 8.39. The van der Waals surface area contributed by atoms with Gasteiger partial charge in [-0.05, 0) is 37.3 Å². The van der Waals surface area contributed by atoms with Crippen molar-refractivity contribution in [1.29, 1.82) is 0 Å². The Bertz CT molecular complexity index is 704. The number of rotatable bonds is 4. The smallest absolute Gasteiger partial charge is 0.270 e. The second kappa shape index (κ2) is 7.38. The van der Waals surface area contributed by atoms with Crippen LogP contribution in [0, 0.1) is 12.8 Å². The van der Waals surface area contributed by atoms with E-state index in [1.807, 2.05) is 19.1 Å². The van der Waals surface area contributed by atoms with Gasteiger partial charge in [0.1, 0.15) is 17.3 Å². The predicted molar refractivity (Wildman–Crippen MR) is 92.8 cm³/mol. The molecule has 1 N–H and O–H groups in total. The molecule has 1 amide bonds. The third-order valence-corrected chi connectivity index (χ3v) is 4.21. The van der Waals surface area contributed by atoms with E-state index in [9.17, 15) is 4.79 Å². The van der Waals surface area contributed by atoms with E-state index in [0.717, 1.165) is 30.9 Å². The van der Waals surface area contributed by atoms with E-state index in [1.165, 1.54) is 6.42 Å². The number of piperidine rings is 1. The summed E-state index contributed by atoms with van der Waals surface area (Å²) >= 11 is 0. The first-order valence-electron chi connectivity index (χ1n) is 8.39. The van der Waals surface area contributed by atoms with Gasteiger partial charge in [0.15, 0.2) is 0 Å². The molecule has 1 fully saturated rings. The van der Waals surface area contributed by atoms with E-state index in [2.05, 4.69) is 32.1 Å². The minimum Gasteiger partial charge on any atom is -0.356 e. The molecule has 2 aromatic rings. The molecule has 6 nitrogen and oxygen atoms in total. The Balaban J connectivity index is 1.72. The van der Waals surface area contributed by atoms with Gasteiger partial charge in [-0.25, -0.2) is 9.97 Å². The minimum absolute atomic E-state index is 0.185. The standard InChI is InChI=1S/C18H23N5O/c1-13-5-4-8-23(12-13)17-9-16(21-14(2)22-17)18(24)20-11-15-6-3-7-19-10-15/h3,6-7,9-10,13H,4-5,8,11-12H2,1-2H3,(H,20,24). The molecular formula is C18H23N5O. The lowest BCUT2D eigenvalue weighted by Gasteiger charge is -2.32. The molecule has 126 valence electrons. The summed E-state index contributed by atoms with van der Waals surface area (Å²) < 4.78 is 0. The zero-order valence-electron chi connectivity index (χ0n) is 14.2. The zero-order chi connectivity index (χ0) is 16.9. The first-order chi connectivity index (χ1) is 11.6. The van der Waals surface area contributed by atoms with Gasteiger partial charge in [-0.15, -0.1) is 0 Å². The summed E-state index contributed by atoms with van der Waals surface area (Å²) in [7, 11) is 0. The minimum atomic E-state index is -0.185. The summed E-state index contributed by atoms with van der Waals surface area (Å²) in [5.41, 5.74) is 1.38. The number of anilines is 1. The van der Waals surface area contributed by atoms with E-state index >= 15 is 0 Å². The van der Waals surface area contributed by atoms with Gasteiger partial charge < -0.3 is 10.2 Å². The Morgan fingerprint density at radius 2 is 2.29 bits per heavy atom. The Hall–Kier alpha value is -2.50. The van der Waals surface area contributed by atoms with E-state index < -0.39 is 0 Å². The fourth-order valence-electron chi connectivity index (χ4n) is 3.00. The van der Waals surface area contributed by atoms with E-state index in [4.69, 9.17) is 0 Å². The van der Waals surface area contributed by atoms with Crippen LogP contribution in [0.5, 0.6) is 0 Å². The number of aromatic nitrogens is 3. The lowest BCUT2D eigenvalue weighted by Crippen LogP contribution is -2.35. The van der Waals surface area contributed by atoms with Gasteiger partial charge >= 0.3 is 0 Å². The topological polar surface area (TPSA) is 71.0 Å². The number of carbonyl (C=O) groups is 1. The van der Waals surface area contributed by atoms with Crippen molar-refractivity contribution in [2.24, 2.45) is 5.92 Å². The number of hydrogen-bond donors (Lipinski definition) is 1. The van der Waals surface area contributed by atoms with Crippen molar-refractivity contribution in [2.75, 3.05) is 18.0 Å². The van der Waals surface area contributed by atoms with Crippen LogP contribution in [0.3, 0.4) is 0 Å². The third kappa shape index (κ3) is 4.07. The SMILES string of the molecule is Cc1nc(C(=O)NCc2cccnc2)cc(N2CCCC(C)C2)n1. The Morgan fingerprint density at radius 3 is 3.04 bits per heavy atom. The lowest BCUT2D eigenvalue weighted by molar-refractivity contribution is 0.0945. The molecule has 0 bridgehead atoms. The van der Waals surface area contributed by atoms with Crippen molar-refractivity contribution in [3.05, 3.63) is 47.7 Å². The normalized spacial score (nSPS) is 17.6. The van der Waals surface area contributed by atoms with Crippen molar-refractivity contribution in [3.8, 4) is 0 Å². The molecule has 1 aliphatic rings. The number of pyridine rings is 1. The molecule has 3 rings (SSSR count). The van der Waals surface area contributed by atoms with Crippen LogP contribution in [0.2, 0.25) is 0 Å². The van der Waals surface area contributed by atoms with Crippen LogP contribution < -0.4 is 10.2 Å². The third-order valence-electron chi connectivity index (χ3n) is 4.21. The molecule has 1 atom stereocenters. The zero-order valence-corrected chi connectivity index (χ0v) is 14.2. The maximum Gasteiger partial charge on any atom is 0.270 e. The van der Waals surface area contributed by atoms with E-state index in [1.54, 1.807) is 18.5 Å². The number of nitrogens with zero attached hydrogens (tertiary/aromatic N) is 4.